The Kier molecular flexibility index (Phi) is 4.51. The second kappa shape index (κ2) is 5.89. The molecule has 1 aromatic rings. The Morgan fingerprint density at radius 1 is 1.35 bits per heavy atom. The van der Waals surface area contributed by atoms with Crippen molar-refractivity contribution >= 4 is 12.1 Å². The first kappa shape index (κ1) is 13.0. The summed E-state index contributed by atoms with van der Waals surface area (Å²) in [7, 11) is 0. The Morgan fingerprint density at radius 2 is 1.94 bits per heavy atom. The molecule has 0 fully saturated rings. The lowest BCUT2D eigenvalue weighted by molar-refractivity contribution is -0.138. The number of ether oxygens (including phenoxy) is 1. The van der Waals surface area contributed by atoms with Crippen LogP contribution in [-0.4, -0.2) is 23.2 Å². The van der Waals surface area contributed by atoms with Gasteiger partial charge in [-0.15, -0.1) is 0 Å². The molecule has 0 heterocycles. The number of benzene rings is 1. The molecule has 5 nitrogen and oxygen atoms in total. The summed E-state index contributed by atoms with van der Waals surface area (Å²) in [6.45, 7) is 3.46. The zero-order valence-corrected chi connectivity index (χ0v) is 9.77. The summed E-state index contributed by atoms with van der Waals surface area (Å²) in [5.41, 5.74) is 1.98. The molecule has 1 amide bonds. The first-order valence-corrected chi connectivity index (χ1v) is 5.20. The van der Waals surface area contributed by atoms with E-state index in [4.69, 9.17) is 9.84 Å². The molecule has 0 saturated heterocycles. The fourth-order valence-corrected chi connectivity index (χ4v) is 1.11. The van der Waals surface area contributed by atoms with Crippen LogP contribution in [0.25, 0.3) is 0 Å². The summed E-state index contributed by atoms with van der Waals surface area (Å²) < 4.78 is 4.88. The van der Waals surface area contributed by atoms with Crippen molar-refractivity contribution in [2.75, 3.05) is 0 Å². The maximum atomic E-state index is 11.2. The molecular weight excluding hydrogens is 222 g/mol. The Labute approximate surface area is 99.4 Å². The Morgan fingerprint density at radius 3 is 2.47 bits per heavy atom. The van der Waals surface area contributed by atoms with Crippen molar-refractivity contribution < 1.29 is 19.4 Å². The predicted molar refractivity (Wildman–Crippen MR) is 61.6 cm³/mol. The van der Waals surface area contributed by atoms with E-state index in [1.54, 1.807) is 0 Å². The predicted octanol–water partition coefficient (Wildman–Crippen LogP) is 1.69. The Bertz CT molecular complexity index is 399. The van der Waals surface area contributed by atoms with Gasteiger partial charge in [0.25, 0.3) is 0 Å². The van der Waals surface area contributed by atoms with Gasteiger partial charge in [-0.2, -0.15) is 0 Å². The third kappa shape index (κ3) is 4.55. The zero-order chi connectivity index (χ0) is 12.8. The van der Waals surface area contributed by atoms with Gasteiger partial charge in [-0.3, -0.25) is 4.79 Å². The molecule has 17 heavy (non-hydrogen) atoms. The largest absolute Gasteiger partial charge is 0.480 e. The van der Waals surface area contributed by atoms with Gasteiger partial charge < -0.3 is 15.2 Å². The number of amides is 1. The number of carbonyl (C=O) groups is 2. The van der Waals surface area contributed by atoms with Crippen LogP contribution in [0.1, 0.15) is 18.1 Å². The highest BCUT2D eigenvalue weighted by Gasteiger charge is 2.14. The van der Waals surface area contributed by atoms with Crippen molar-refractivity contribution in [2.24, 2.45) is 0 Å². The monoisotopic (exact) mass is 237 g/mol. The number of carboxylic acid groups (broad SMARTS) is 1. The Hall–Kier alpha value is -2.04. The molecular formula is C12H15NO4. The van der Waals surface area contributed by atoms with E-state index in [-0.39, 0.29) is 6.61 Å². The van der Waals surface area contributed by atoms with Crippen LogP contribution in [0, 0.1) is 6.92 Å². The second-order valence-corrected chi connectivity index (χ2v) is 3.77. The lowest BCUT2D eigenvalue weighted by atomic mass is 10.2. The maximum Gasteiger partial charge on any atom is 0.408 e. The fraction of sp³-hybridized carbons (Fsp3) is 0.333. The molecule has 0 radical (unpaired) electrons. The van der Waals surface area contributed by atoms with Crippen LogP contribution in [0.5, 0.6) is 0 Å². The van der Waals surface area contributed by atoms with E-state index in [1.165, 1.54) is 6.92 Å². The van der Waals surface area contributed by atoms with Crippen molar-refractivity contribution in [3.8, 4) is 0 Å². The van der Waals surface area contributed by atoms with Gasteiger partial charge in [-0.05, 0) is 19.4 Å². The normalized spacial score (nSPS) is 11.6. The molecule has 0 spiro atoms. The van der Waals surface area contributed by atoms with Crippen LogP contribution in [0.2, 0.25) is 0 Å². The molecule has 5 heteroatoms. The SMILES string of the molecule is Cc1ccc(COC(=O)N[C@@H](C)C(=O)O)cc1. The highest BCUT2D eigenvalue weighted by Crippen LogP contribution is 2.04. The summed E-state index contributed by atoms with van der Waals surface area (Å²) in [5, 5.41) is 10.8. The number of carboxylic acids is 1. The van der Waals surface area contributed by atoms with E-state index in [0.717, 1.165) is 11.1 Å². The third-order valence-electron chi connectivity index (χ3n) is 2.20. The summed E-state index contributed by atoms with van der Waals surface area (Å²) in [4.78, 5) is 21.7. The van der Waals surface area contributed by atoms with Crippen LogP contribution >= 0.6 is 0 Å². The van der Waals surface area contributed by atoms with E-state index < -0.39 is 18.1 Å². The van der Waals surface area contributed by atoms with Crippen molar-refractivity contribution in [2.45, 2.75) is 26.5 Å². The molecule has 92 valence electrons. The van der Waals surface area contributed by atoms with Crippen LogP contribution in [0.15, 0.2) is 24.3 Å². The van der Waals surface area contributed by atoms with E-state index in [1.807, 2.05) is 31.2 Å². The van der Waals surface area contributed by atoms with Crippen LogP contribution in [0.4, 0.5) is 4.79 Å². The average Bonchev–Trinajstić information content (AvgIpc) is 2.28. The molecule has 0 aliphatic heterocycles. The fourth-order valence-electron chi connectivity index (χ4n) is 1.11. The minimum absolute atomic E-state index is 0.123. The Balaban J connectivity index is 2.38. The topological polar surface area (TPSA) is 75.6 Å². The van der Waals surface area contributed by atoms with Crippen molar-refractivity contribution in [1.82, 2.24) is 5.32 Å². The van der Waals surface area contributed by atoms with Crippen LogP contribution in [-0.2, 0) is 16.1 Å². The van der Waals surface area contributed by atoms with E-state index in [9.17, 15) is 9.59 Å². The standard InChI is InChI=1S/C12H15NO4/c1-8-3-5-10(6-4-8)7-17-12(16)13-9(2)11(14)15/h3-6,9H,7H2,1-2H3,(H,13,16)(H,14,15)/t9-/m0/s1. The number of alkyl carbamates (subject to hydrolysis) is 1. The smallest absolute Gasteiger partial charge is 0.408 e. The number of hydrogen-bond donors (Lipinski definition) is 2. The van der Waals surface area contributed by atoms with Gasteiger partial charge in [0.1, 0.15) is 12.6 Å². The number of rotatable bonds is 4. The summed E-state index contributed by atoms with van der Waals surface area (Å²) in [6, 6.07) is 6.57. The van der Waals surface area contributed by atoms with Crippen LogP contribution in [0.3, 0.4) is 0 Å². The molecule has 1 rings (SSSR count). The maximum absolute atomic E-state index is 11.2. The van der Waals surface area contributed by atoms with Gasteiger partial charge in [0.15, 0.2) is 0 Å². The van der Waals surface area contributed by atoms with E-state index in [2.05, 4.69) is 5.32 Å². The summed E-state index contributed by atoms with van der Waals surface area (Å²) in [6.07, 6.45) is -0.736. The van der Waals surface area contributed by atoms with Gasteiger partial charge in [0.2, 0.25) is 0 Å². The minimum Gasteiger partial charge on any atom is -0.480 e. The number of aliphatic carboxylic acids is 1. The van der Waals surface area contributed by atoms with Crippen molar-refractivity contribution in [3.05, 3.63) is 35.4 Å². The lowest BCUT2D eigenvalue weighted by Crippen LogP contribution is -2.38. The average molecular weight is 237 g/mol. The molecule has 1 atom stereocenters. The van der Waals surface area contributed by atoms with Gasteiger partial charge >= 0.3 is 12.1 Å². The quantitative estimate of drug-likeness (QED) is 0.835. The van der Waals surface area contributed by atoms with E-state index in [0.29, 0.717) is 0 Å². The summed E-state index contributed by atoms with van der Waals surface area (Å²) >= 11 is 0. The highest BCUT2D eigenvalue weighted by molar-refractivity contribution is 5.79. The number of hydrogen-bond acceptors (Lipinski definition) is 3. The van der Waals surface area contributed by atoms with E-state index >= 15 is 0 Å². The first-order valence-electron chi connectivity index (χ1n) is 5.20. The van der Waals surface area contributed by atoms with Gasteiger partial charge in [0, 0.05) is 0 Å². The molecule has 0 saturated carbocycles. The molecule has 1 aromatic carbocycles. The van der Waals surface area contributed by atoms with Crippen molar-refractivity contribution in [1.29, 1.82) is 0 Å². The highest BCUT2D eigenvalue weighted by atomic mass is 16.5. The second-order valence-electron chi connectivity index (χ2n) is 3.77. The first-order chi connectivity index (χ1) is 7.99. The summed E-state index contributed by atoms with van der Waals surface area (Å²) in [5.74, 6) is -1.10. The van der Waals surface area contributed by atoms with Gasteiger partial charge in [-0.25, -0.2) is 4.79 Å². The molecule has 0 unspecified atom stereocenters. The van der Waals surface area contributed by atoms with Crippen LogP contribution < -0.4 is 5.32 Å². The number of nitrogens with one attached hydrogen (secondary N) is 1. The van der Waals surface area contributed by atoms with Crippen molar-refractivity contribution in [3.63, 3.8) is 0 Å². The molecule has 0 aliphatic carbocycles. The molecule has 2 N–H and O–H groups in total. The van der Waals surface area contributed by atoms with Gasteiger partial charge in [-0.1, -0.05) is 29.8 Å². The number of aryl methyl sites for hydroxylation is 1. The molecule has 0 aromatic heterocycles. The molecule has 0 aliphatic rings. The third-order valence-corrected chi connectivity index (χ3v) is 2.20. The minimum atomic E-state index is -1.10. The lowest BCUT2D eigenvalue weighted by Gasteiger charge is -2.10. The number of carbonyl (C=O) groups excluding carboxylic acids is 1. The van der Waals surface area contributed by atoms with Gasteiger partial charge in [0.05, 0.1) is 0 Å². The molecule has 0 bridgehead atoms. The zero-order valence-electron chi connectivity index (χ0n) is 9.77.